The van der Waals surface area contributed by atoms with Gasteiger partial charge in [0.1, 0.15) is 0 Å². The highest BCUT2D eigenvalue weighted by Gasteiger charge is 2.24. The van der Waals surface area contributed by atoms with Gasteiger partial charge >= 0.3 is 5.97 Å². The normalized spacial score (nSPS) is 16.3. The Hall–Kier alpha value is -1.79. The average molecular weight is 379 g/mol. The number of anilines is 2. The lowest BCUT2D eigenvalue weighted by Crippen LogP contribution is -2.39. The Bertz CT molecular complexity index is 600. The standard InChI is InChI=1S/C21H34N2O4/c1-5-23(18-8-10-26-11-9-18)20-7-6-16(12-19(20)22)17(13-21(24)25-4)14-27-15(2)3/h6-7,12,15,17-18H,5,8-11,13-14,22H2,1-4H3/t17-/m1/s1. The molecule has 0 saturated carbocycles. The Morgan fingerprint density at radius 3 is 2.59 bits per heavy atom. The van der Waals surface area contributed by atoms with Crippen molar-refractivity contribution in [1.82, 2.24) is 0 Å². The molecule has 0 bridgehead atoms. The number of hydrogen-bond donors (Lipinski definition) is 1. The zero-order valence-corrected chi connectivity index (χ0v) is 17.1. The number of hydrogen-bond acceptors (Lipinski definition) is 6. The monoisotopic (exact) mass is 378 g/mol. The quantitative estimate of drug-likeness (QED) is 0.525. The van der Waals surface area contributed by atoms with Crippen molar-refractivity contribution in [2.24, 2.45) is 0 Å². The van der Waals surface area contributed by atoms with Gasteiger partial charge in [-0.3, -0.25) is 4.79 Å². The first kappa shape index (κ1) is 21.5. The van der Waals surface area contributed by atoms with Gasteiger partial charge in [-0.15, -0.1) is 0 Å². The Balaban J connectivity index is 2.20. The molecule has 1 heterocycles. The Morgan fingerprint density at radius 2 is 2.04 bits per heavy atom. The van der Waals surface area contributed by atoms with Crippen LogP contribution >= 0.6 is 0 Å². The molecule has 6 nitrogen and oxygen atoms in total. The fourth-order valence-corrected chi connectivity index (χ4v) is 3.58. The van der Waals surface area contributed by atoms with Gasteiger partial charge in [0.15, 0.2) is 0 Å². The summed E-state index contributed by atoms with van der Waals surface area (Å²) >= 11 is 0. The fraction of sp³-hybridized carbons (Fsp3) is 0.667. The molecule has 1 aliphatic rings. The molecule has 27 heavy (non-hydrogen) atoms. The Kier molecular flexibility index (Phi) is 8.38. The topological polar surface area (TPSA) is 74.0 Å². The van der Waals surface area contributed by atoms with E-state index in [1.165, 1.54) is 7.11 Å². The molecule has 0 aliphatic carbocycles. The molecule has 1 atom stereocenters. The largest absolute Gasteiger partial charge is 0.469 e. The van der Waals surface area contributed by atoms with Crippen LogP contribution in [0.25, 0.3) is 0 Å². The van der Waals surface area contributed by atoms with Crippen LogP contribution in [-0.4, -0.2) is 51.6 Å². The van der Waals surface area contributed by atoms with Gasteiger partial charge in [-0.1, -0.05) is 6.07 Å². The summed E-state index contributed by atoms with van der Waals surface area (Å²) in [6, 6.07) is 6.56. The first-order chi connectivity index (χ1) is 13.0. The number of methoxy groups -OCH3 is 1. The third-order valence-corrected chi connectivity index (χ3v) is 5.08. The smallest absolute Gasteiger partial charge is 0.306 e. The second-order valence-electron chi connectivity index (χ2n) is 7.31. The maximum absolute atomic E-state index is 11.8. The van der Waals surface area contributed by atoms with Crippen LogP contribution in [0.2, 0.25) is 0 Å². The van der Waals surface area contributed by atoms with E-state index in [0.29, 0.717) is 12.6 Å². The molecule has 1 aliphatic heterocycles. The number of nitrogens with zero attached hydrogens (tertiary/aromatic N) is 1. The maximum Gasteiger partial charge on any atom is 0.306 e. The average Bonchev–Trinajstić information content (AvgIpc) is 2.67. The van der Waals surface area contributed by atoms with Gasteiger partial charge in [-0.2, -0.15) is 0 Å². The van der Waals surface area contributed by atoms with Gasteiger partial charge in [0.05, 0.1) is 37.6 Å². The van der Waals surface area contributed by atoms with Crippen LogP contribution in [0.4, 0.5) is 11.4 Å². The first-order valence-corrected chi connectivity index (χ1v) is 9.88. The summed E-state index contributed by atoms with van der Waals surface area (Å²) < 4.78 is 16.1. The van der Waals surface area contributed by atoms with Gasteiger partial charge in [-0.05, 0) is 51.3 Å². The zero-order valence-electron chi connectivity index (χ0n) is 17.1. The van der Waals surface area contributed by atoms with Crippen molar-refractivity contribution in [3.63, 3.8) is 0 Å². The second-order valence-corrected chi connectivity index (χ2v) is 7.31. The number of nitrogen functional groups attached to an aromatic ring is 1. The molecule has 1 fully saturated rings. The highest BCUT2D eigenvalue weighted by Crippen LogP contribution is 2.32. The van der Waals surface area contributed by atoms with E-state index in [9.17, 15) is 4.79 Å². The fourth-order valence-electron chi connectivity index (χ4n) is 3.58. The van der Waals surface area contributed by atoms with Crippen molar-refractivity contribution in [2.75, 3.05) is 44.1 Å². The van der Waals surface area contributed by atoms with E-state index in [4.69, 9.17) is 19.9 Å². The van der Waals surface area contributed by atoms with Crippen molar-refractivity contribution < 1.29 is 19.0 Å². The van der Waals surface area contributed by atoms with Crippen LogP contribution in [0.15, 0.2) is 18.2 Å². The minimum Gasteiger partial charge on any atom is -0.469 e. The number of benzene rings is 1. The molecule has 0 spiro atoms. The van der Waals surface area contributed by atoms with E-state index in [1.807, 2.05) is 19.9 Å². The first-order valence-electron chi connectivity index (χ1n) is 9.88. The molecule has 0 amide bonds. The van der Waals surface area contributed by atoms with Crippen LogP contribution < -0.4 is 10.6 Å². The zero-order chi connectivity index (χ0) is 19.8. The number of rotatable bonds is 9. The van der Waals surface area contributed by atoms with Crippen molar-refractivity contribution in [3.05, 3.63) is 23.8 Å². The van der Waals surface area contributed by atoms with Gasteiger partial charge in [-0.25, -0.2) is 0 Å². The lowest BCUT2D eigenvalue weighted by atomic mass is 9.95. The van der Waals surface area contributed by atoms with Crippen LogP contribution in [0.1, 0.15) is 51.5 Å². The summed E-state index contributed by atoms with van der Waals surface area (Å²) in [4.78, 5) is 14.2. The lowest BCUT2D eigenvalue weighted by molar-refractivity contribution is -0.141. The number of esters is 1. The SMILES string of the molecule is CCN(c1ccc([C@@H](COC(C)C)CC(=O)OC)cc1N)C1CCOCC1. The van der Waals surface area contributed by atoms with E-state index < -0.39 is 0 Å². The van der Waals surface area contributed by atoms with Crippen LogP contribution in [0.3, 0.4) is 0 Å². The van der Waals surface area contributed by atoms with E-state index in [1.54, 1.807) is 0 Å². The van der Waals surface area contributed by atoms with E-state index in [2.05, 4.69) is 24.0 Å². The van der Waals surface area contributed by atoms with Gasteiger partial charge in [0.25, 0.3) is 0 Å². The molecular formula is C21H34N2O4. The molecule has 1 aromatic rings. The number of nitrogens with two attached hydrogens (primary N) is 1. The van der Waals surface area contributed by atoms with Crippen LogP contribution in [0, 0.1) is 0 Å². The van der Waals surface area contributed by atoms with Gasteiger partial charge in [0.2, 0.25) is 0 Å². The van der Waals surface area contributed by atoms with Crippen LogP contribution in [-0.2, 0) is 19.0 Å². The minimum atomic E-state index is -0.243. The summed E-state index contributed by atoms with van der Waals surface area (Å²) in [6.07, 6.45) is 2.41. The molecule has 0 radical (unpaired) electrons. The molecule has 6 heteroatoms. The van der Waals surface area contributed by atoms with E-state index in [0.717, 1.165) is 49.5 Å². The highest BCUT2D eigenvalue weighted by molar-refractivity contribution is 5.72. The van der Waals surface area contributed by atoms with Crippen molar-refractivity contribution in [2.45, 2.75) is 58.1 Å². The molecule has 152 valence electrons. The molecule has 0 unspecified atom stereocenters. The molecular weight excluding hydrogens is 344 g/mol. The summed E-state index contributed by atoms with van der Waals surface area (Å²) in [5.41, 5.74) is 9.22. The number of ether oxygens (including phenoxy) is 3. The maximum atomic E-state index is 11.8. The molecule has 1 saturated heterocycles. The van der Waals surface area contributed by atoms with Crippen molar-refractivity contribution in [1.29, 1.82) is 0 Å². The molecule has 1 aromatic carbocycles. The Morgan fingerprint density at radius 1 is 1.33 bits per heavy atom. The van der Waals surface area contributed by atoms with E-state index in [-0.39, 0.29) is 24.4 Å². The summed E-state index contributed by atoms with van der Waals surface area (Å²) in [5, 5.41) is 0. The summed E-state index contributed by atoms with van der Waals surface area (Å²) in [6.45, 7) is 9.08. The predicted octanol–water partition coefficient (Wildman–Crippen LogP) is 3.35. The van der Waals surface area contributed by atoms with E-state index >= 15 is 0 Å². The number of carbonyl (C=O) groups excluding carboxylic acids is 1. The minimum absolute atomic E-state index is 0.0747. The van der Waals surface area contributed by atoms with Crippen molar-refractivity contribution in [3.8, 4) is 0 Å². The second kappa shape index (κ2) is 10.5. The number of carbonyl (C=O) groups is 1. The highest BCUT2D eigenvalue weighted by atomic mass is 16.5. The molecule has 2 rings (SSSR count). The van der Waals surface area contributed by atoms with Crippen molar-refractivity contribution >= 4 is 17.3 Å². The van der Waals surface area contributed by atoms with Crippen LogP contribution in [0.5, 0.6) is 0 Å². The lowest BCUT2D eigenvalue weighted by Gasteiger charge is -2.36. The molecule has 0 aromatic heterocycles. The van der Waals surface area contributed by atoms with Gasteiger partial charge in [0, 0.05) is 31.7 Å². The third kappa shape index (κ3) is 6.11. The Labute approximate surface area is 163 Å². The molecule has 2 N–H and O–H groups in total. The summed E-state index contributed by atoms with van der Waals surface area (Å²) in [7, 11) is 1.41. The third-order valence-electron chi connectivity index (χ3n) is 5.08. The predicted molar refractivity (Wildman–Crippen MR) is 108 cm³/mol. The summed E-state index contributed by atoms with van der Waals surface area (Å²) in [5.74, 6) is -0.318. The van der Waals surface area contributed by atoms with Gasteiger partial charge < -0.3 is 24.8 Å².